The number of carbonyl (C=O) groups is 1. The summed E-state index contributed by atoms with van der Waals surface area (Å²) in [6, 6.07) is 0. The maximum atomic E-state index is 11.2. The number of rotatable bonds is 3. The van der Waals surface area contributed by atoms with E-state index in [1.807, 2.05) is 6.92 Å². The molecular formula is C11H18O2. The standard InChI is InChI=1S/C11H18O2/c1-3-13-11(12)8-10-7-5-4-6-9(10)2/h10H,2-8H2,1H3. The van der Waals surface area contributed by atoms with Crippen LogP contribution in [0.25, 0.3) is 0 Å². The van der Waals surface area contributed by atoms with Crippen molar-refractivity contribution >= 4 is 5.97 Å². The van der Waals surface area contributed by atoms with Gasteiger partial charge in [0.1, 0.15) is 0 Å². The van der Waals surface area contributed by atoms with Gasteiger partial charge in [0.25, 0.3) is 0 Å². The van der Waals surface area contributed by atoms with Crippen LogP contribution in [0.1, 0.15) is 39.0 Å². The van der Waals surface area contributed by atoms with Crippen molar-refractivity contribution in [1.29, 1.82) is 0 Å². The molecule has 0 radical (unpaired) electrons. The molecule has 0 aromatic carbocycles. The van der Waals surface area contributed by atoms with E-state index in [-0.39, 0.29) is 5.97 Å². The van der Waals surface area contributed by atoms with Gasteiger partial charge in [0.05, 0.1) is 13.0 Å². The molecule has 13 heavy (non-hydrogen) atoms. The maximum Gasteiger partial charge on any atom is 0.306 e. The topological polar surface area (TPSA) is 26.3 Å². The largest absolute Gasteiger partial charge is 0.466 e. The summed E-state index contributed by atoms with van der Waals surface area (Å²) >= 11 is 0. The summed E-state index contributed by atoms with van der Waals surface area (Å²) in [5.74, 6) is 0.309. The Morgan fingerprint density at radius 1 is 1.62 bits per heavy atom. The number of hydrogen-bond donors (Lipinski definition) is 0. The van der Waals surface area contributed by atoms with Crippen molar-refractivity contribution in [2.75, 3.05) is 6.61 Å². The first kappa shape index (κ1) is 10.3. The van der Waals surface area contributed by atoms with Crippen molar-refractivity contribution in [1.82, 2.24) is 0 Å². The van der Waals surface area contributed by atoms with Gasteiger partial charge in [0, 0.05) is 0 Å². The van der Waals surface area contributed by atoms with Crippen molar-refractivity contribution in [3.05, 3.63) is 12.2 Å². The molecule has 2 heteroatoms. The Labute approximate surface area is 80.0 Å². The number of allylic oxidation sites excluding steroid dienone is 1. The molecule has 0 amide bonds. The monoisotopic (exact) mass is 182 g/mol. The number of carbonyl (C=O) groups excluding carboxylic acids is 1. The third-order valence-electron chi connectivity index (χ3n) is 2.60. The SMILES string of the molecule is C=C1CCCCC1CC(=O)OCC. The van der Waals surface area contributed by atoms with Gasteiger partial charge < -0.3 is 4.74 Å². The molecule has 0 aliphatic heterocycles. The number of hydrogen-bond acceptors (Lipinski definition) is 2. The fraction of sp³-hybridized carbons (Fsp3) is 0.727. The molecule has 74 valence electrons. The van der Waals surface area contributed by atoms with Gasteiger partial charge in [-0.15, -0.1) is 0 Å². The molecule has 1 fully saturated rings. The van der Waals surface area contributed by atoms with Crippen molar-refractivity contribution in [3.8, 4) is 0 Å². The molecule has 0 spiro atoms. The number of ether oxygens (including phenoxy) is 1. The zero-order chi connectivity index (χ0) is 9.68. The van der Waals surface area contributed by atoms with E-state index in [1.165, 1.54) is 18.4 Å². The molecule has 1 atom stereocenters. The average Bonchev–Trinajstić information content (AvgIpc) is 2.09. The second-order valence-corrected chi connectivity index (χ2v) is 3.61. The summed E-state index contributed by atoms with van der Waals surface area (Å²) in [7, 11) is 0. The first-order valence-electron chi connectivity index (χ1n) is 5.07. The predicted octanol–water partition coefficient (Wildman–Crippen LogP) is 2.69. The molecular weight excluding hydrogens is 164 g/mol. The summed E-state index contributed by atoms with van der Waals surface area (Å²) in [5.41, 5.74) is 1.24. The third-order valence-corrected chi connectivity index (χ3v) is 2.60. The summed E-state index contributed by atoms with van der Waals surface area (Å²) < 4.78 is 4.91. The Hall–Kier alpha value is -0.790. The van der Waals surface area contributed by atoms with Gasteiger partial charge in [0.2, 0.25) is 0 Å². The predicted molar refractivity (Wildman–Crippen MR) is 52.3 cm³/mol. The van der Waals surface area contributed by atoms with Crippen molar-refractivity contribution in [2.24, 2.45) is 5.92 Å². The minimum absolute atomic E-state index is 0.0736. The van der Waals surface area contributed by atoms with Crippen LogP contribution in [0.4, 0.5) is 0 Å². The Kier molecular flexibility index (Phi) is 4.00. The van der Waals surface area contributed by atoms with Gasteiger partial charge in [-0.2, -0.15) is 0 Å². The Balaban J connectivity index is 2.33. The zero-order valence-corrected chi connectivity index (χ0v) is 8.34. The minimum atomic E-state index is -0.0736. The van der Waals surface area contributed by atoms with Crippen LogP contribution in [0.3, 0.4) is 0 Å². The highest BCUT2D eigenvalue weighted by atomic mass is 16.5. The first-order chi connectivity index (χ1) is 6.24. The van der Waals surface area contributed by atoms with E-state index in [4.69, 9.17) is 4.74 Å². The van der Waals surface area contributed by atoms with Gasteiger partial charge in [0.15, 0.2) is 0 Å². The molecule has 0 bridgehead atoms. The summed E-state index contributed by atoms with van der Waals surface area (Å²) in [6.07, 6.45) is 5.19. The lowest BCUT2D eigenvalue weighted by Gasteiger charge is -2.23. The van der Waals surface area contributed by atoms with Gasteiger partial charge >= 0.3 is 5.97 Å². The van der Waals surface area contributed by atoms with E-state index in [2.05, 4.69) is 6.58 Å². The molecule has 0 saturated heterocycles. The molecule has 0 aromatic heterocycles. The lowest BCUT2D eigenvalue weighted by Crippen LogP contribution is -2.16. The van der Waals surface area contributed by atoms with Crippen LogP contribution in [-0.4, -0.2) is 12.6 Å². The highest BCUT2D eigenvalue weighted by Crippen LogP contribution is 2.30. The molecule has 1 aliphatic carbocycles. The third kappa shape index (κ3) is 3.21. The summed E-state index contributed by atoms with van der Waals surface area (Å²) in [6.45, 7) is 6.33. The smallest absolute Gasteiger partial charge is 0.306 e. The molecule has 2 nitrogen and oxygen atoms in total. The van der Waals surface area contributed by atoms with Crippen molar-refractivity contribution in [3.63, 3.8) is 0 Å². The van der Waals surface area contributed by atoms with Crippen LogP contribution in [-0.2, 0) is 9.53 Å². The van der Waals surface area contributed by atoms with E-state index in [0.29, 0.717) is 18.9 Å². The van der Waals surface area contributed by atoms with Gasteiger partial charge in [-0.3, -0.25) is 4.79 Å². The van der Waals surface area contributed by atoms with Crippen molar-refractivity contribution < 1.29 is 9.53 Å². The average molecular weight is 182 g/mol. The normalized spacial score (nSPS) is 22.8. The molecule has 1 saturated carbocycles. The van der Waals surface area contributed by atoms with Crippen LogP contribution in [0, 0.1) is 5.92 Å². The Morgan fingerprint density at radius 2 is 2.38 bits per heavy atom. The lowest BCUT2D eigenvalue weighted by molar-refractivity contribution is -0.144. The second-order valence-electron chi connectivity index (χ2n) is 3.61. The molecule has 1 unspecified atom stereocenters. The van der Waals surface area contributed by atoms with E-state index in [1.54, 1.807) is 0 Å². The van der Waals surface area contributed by atoms with Crippen LogP contribution in [0.15, 0.2) is 12.2 Å². The number of esters is 1. The Morgan fingerprint density at radius 3 is 3.00 bits per heavy atom. The quantitative estimate of drug-likeness (QED) is 0.495. The molecule has 0 heterocycles. The van der Waals surface area contributed by atoms with Gasteiger partial charge in [-0.05, 0) is 32.1 Å². The highest BCUT2D eigenvalue weighted by Gasteiger charge is 2.20. The molecule has 1 rings (SSSR count). The van der Waals surface area contributed by atoms with Crippen LogP contribution >= 0.6 is 0 Å². The second kappa shape index (κ2) is 5.05. The van der Waals surface area contributed by atoms with E-state index in [0.717, 1.165) is 12.8 Å². The lowest BCUT2D eigenvalue weighted by atomic mass is 9.83. The van der Waals surface area contributed by atoms with Gasteiger partial charge in [-0.25, -0.2) is 0 Å². The van der Waals surface area contributed by atoms with Gasteiger partial charge in [-0.1, -0.05) is 18.6 Å². The molecule has 1 aliphatic rings. The highest BCUT2D eigenvalue weighted by molar-refractivity contribution is 5.70. The summed E-state index contributed by atoms with van der Waals surface area (Å²) in [4.78, 5) is 11.2. The maximum absolute atomic E-state index is 11.2. The van der Waals surface area contributed by atoms with E-state index >= 15 is 0 Å². The van der Waals surface area contributed by atoms with Crippen LogP contribution < -0.4 is 0 Å². The fourth-order valence-electron chi connectivity index (χ4n) is 1.82. The van der Waals surface area contributed by atoms with E-state index < -0.39 is 0 Å². The Bertz CT molecular complexity index is 196. The van der Waals surface area contributed by atoms with Crippen molar-refractivity contribution in [2.45, 2.75) is 39.0 Å². The molecule has 0 aromatic rings. The minimum Gasteiger partial charge on any atom is -0.466 e. The summed E-state index contributed by atoms with van der Waals surface area (Å²) in [5, 5.41) is 0. The zero-order valence-electron chi connectivity index (χ0n) is 8.34. The van der Waals surface area contributed by atoms with Crippen LogP contribution in [0.5, 0.6) is 0 Å². The first-order valence-corrected chi connectivity index (χ1v) is 5.07. The van der Waals surface area contributed by atoms with E-state index in [9.17, 15) is 4.79 Å². The van der Waals surface area contributed by atoms with Crippen LogP contribution in [0.2, 0.25) is 0 Å². The fourth-order valence-corrected chi connectivity index (χ4v) is 1.82. The molecule has 0 N–H and O–H groups in total.